The van der Waals surface area contributed by atoms with Gasteiger partial charge in [-0.15, -0.1) is 0 Å². The molecule has 6 nitrogen and oxygen atoms in total. The van der Waals surface area contributed by atoms with Crippen LogP contribution in [0.2, 0.25) is 0 Å². The molecule has 2 saturated heterocycles. The van der Waals surface area contributed by atoms with E-state index in [-0.39, 0.29) is 18.8 Å². The average Bonchev–Trinajstić information content (AvgIpc) is 2.99. The van der Waals surface area contributed by atoms with Gasteiger partial charge in [0.1, 0.15) is 18.3 Å². The smallest absolute Gasteiger partial charge is 0.187 e. The van der Waals surface area contributed by atoms with E-state index in [9.17, 15) is 5.11 Å². The van der Waals surface area contributed by atoms with Crippen molar-refractivity contribution < 1.29 is 24.1 Å². The zero-order chi connectivity index (χ0) is 15.7. The molecule has 2 aliphatic rings. The summed E-state index contributed by atoms with van der Waals surface area (Å²) in [7, 11) is 0. The first-order chi connectivity index (χ1) is 10.5. The molecule has 1 aromatic rings. The molecule has 6 heteroatoms. The Labute approximate surface area is 130 Å². The van der Waals surface area contributed by atoms with E-state index in [0.717, 1.165) is 5.56 Å². The van der Waals surface area contributed by atoms with Crippen molar-refractivity contribution in [1.82, 2.24) is 0 Å². The van der Waals surface area contributed by atoms with Crippen molar-refractivity contribution in [3.05, 3.63) is 35.9 Å². The van der Waals surface area contributed by atoms with Crippen LogP contribution in [-0.2, 0) is 25.6 Å². The van der Waals surface area contributed by atoms with E-state index >= 15 is 0 Å². The van der Waals surface area contributed by atoms with Gasteiger partial charge in [0.25, 0.3) is 0 Å². The molecule has 2 aliphatic heterocycles. The second-order valence-corrected chi connectivity index (χ2v) is 6.18. The molecular formula is C16H23NO5. The Balaban J connectivity index is 1.69. The lowest BCUT2D eigenvalue weighted by atomic mass is 10.1. The van der Waals surface area contributed by atoms with Crippen molar-refractivity contribution in [3.8, 4) is 0 Å². The fourth-order valence-electron chi connectivity index (χ4n) is 2.93. The summed E-state index contributed by atoms with van der Waals surface area (Å²) >= 11 is 0. The van der Waals surface area contributed by atoms with Crippen molar-refractivity contribution in [2.24, 2.45) is 5.73 Å². The highest BCUT2D eigenvalue weighted by molar-refractivity contribution is 5.13. The molecule has 0 spiro atoms. The van der Waals surface area contributed by atoms with Crippen LogP contribution in [0.15, 0.2) is 30.3 Å². The maximum Gasteiger partial charge on any atom is 0.187 e. The highest BCUT2D eigenvalue weighted by Gasteiger charge is 2.57. The number of rotatable bonds is 5. The van der Waals surface area contributed by atoms with Gasteiger partial charge in [0.2, 0.25) is 0 Å². The number of hydrogen-bond donors (Lipinski definition) is 2. The molecule has 0 amide bonds. The first kappa shape index (κ1) is 15.9. The van der Waals surface area contributed by atoms with Gasteiger partial charge in [0.15, 0.2) is 12.1 Å². The minimum absolute atomic E-state index is 0.177. The molecule has 0 saturated carbocycles. The third-order valence-electron chi connectivity index (χ3n) is 3.94. The molecular weight excluding hydrogens is 286 g/mol. The first-order valence-corrected chi connectivity index (χ1v) is 7.53. The lowest BCUT2D eigenvalue weighted by Gasteiger charge is -2.26. The molecule has 1 aromatic carbocycles. The molecule has 22 heavy (non-hydrogen) atoms. The Morgan fingerprint density at radius 2 is 1.91 bits per heavy atom. The number of aliphatic hydroxyl groups excluding tert-OH is 1. The van der Waals surface area contributed by atoms with Crippen LogP contribution in [-0.4, -0.2) is 48.1 Å². The molecule has 0 unspecified atom stereocenters. The molecule has 122 valence electrons. The molecule has 5 atom stereocenters. The number of fused-ring (bicyclic) bond motifs is 1. The summed E-state index contributed by atoms with van der Waals surface area (Å²) in [5.41, 5.74) is 6.98. The molecule has 2 heterocycles. The minimum Gasteiger partial charge on any atom is -0.395 e. The van der Waals surface area contributed by atoms with Gasteiger partial charge in [-0.05, 0) is 19.4 Å². The predicted octanol–water partition coefficient (Wildman–Crippen LogP) is 0.768. The summed E-state index contributed by atoms with van der Waals surface area (Å²) in [4.78, 5) is 0. The molecule has 3 N–H and O–H groups in total. The van der Waals surface area contributed by atoms with Crippen molar-refractivity contribution in [1.29, 1.82) is 0 Å². The van der Waals surface area contributed by atoms with Crippen LogP contribution in [0, 0.1) is 0 Å². The first-order valence-electron chi connectivity index (χ1n) is 7.53. The predicted molar refractivity (Wildman–Crippen MR) is 78.8 cm³/mol. The van der Waals surface area contributed by atoms with Crippen LogP contribution < -0.4 is 5.73 Å². The summed E-state index contributed by atoms with van der Waals surface area (Å²) in [6.07, 6.45) is -1.69. The van der Waals surface area contributed by atoms with E-state index in [4.69, 9.17) is 24.7 Å². The quantitative estimate of drug-likeness (QED) is 0.836. The van der Waals surface area contributed by atoms with Gasteiger partial charge in [-0.3, -0.25) is 0 Å². The molecule has 3 rings (SSSR count). The summed E-state index contributed by atoms with van der Waals surface area (Å²) in [5.74, 6) is -0.707. The summed E-state index contributed by atoms with van der Waals surface area (Å²) in [6.45, 7) is 3.94. The monoisotopic (exact) mass is 309 g/mol. The Bertz CT molecular complexity index is 495. The van der Waals surface area contributed by atoms with Gasteiger partial charge in [0.05, 0.1) is 19.3 Å². The highest BCUT2D eigenvalue weighted by atomic mass is 16.8. The average molecular weight is 309 g/mol. The van der Waals surface area contributed by atoms with Crippen LogP contribution in [0.5, 0.6) is 0 Å². The maximum atomic E-state index is 9.30. The second kappa shape index (κ2) is 6.23. The van der Waals surface area contributed by atoms with Crippen molar-refractivity contribution in [3.63, 3.8) is 0 Å². The number of hydrogen-bond acceptors (Lipinski definition) is 6. The van der Waals surface area contributed by atoms with Gasteiger partial charge in [-0.25, -0.2) is 0 Å². The zero-order valence-electron chi connectivity index (χ0n) is 12.8. The van der Waals surface area contributed by atoms with Gasteiger partial charge < -0.3 is 29.8 Å². The Morgan fingerprint density at radius 3 is 2.59 bits per heavy atom. The van der Waals surface area contributed by atoms with Gasteiger partial charge in [-0.2, -0.15) is 0 Å². The van der Waals surface area contributed by atoms with Crippen LogP contribution in [0.4, 0.5) is 0 Å². The van der Waals surface area contributed by atoms with Crippen molar-refractivity contribution >= 4 is 0 Å². The van der Waals surface area contributed by atoms with Gasteiger partial charge >= 0.3 is 0 Å². The van der Waals surface area contributed by atoms with Gasteiger partial charge in [0, 0.05) is 0 Å². The summed E-state index contributed by atoms with van der Waals surface area (Å²) in [5, 5.41) is 9.30. The summed E-state index contributed by atoms with van der Waals surface area (Å²) < 4.78 is 23.5. The van der Waals surface area contributed by atoms with Crippen LogP contribution >= 0.6 is 0 Å². The van der Waals surface area contributed by atoms with Crippen LogP contribution in [0.25, 0.3) is 0 Å². The Morgan fingerprint density at radius 1 is 1.23 bits per heavy atom. The third kappa shape index (κ3) is 3.17. The topological polar surface area (TPSA) is 83.2 Å². The van der Waals surface area contributed by atoms with Crippen LogP contribution in [0.1, 0.15) is 19.4 Å². The Hall–Kier alpha value is -1.02. The highest BCUT2D eigenvalue weighted by Crippen LogP contribution is 2.40. The van der Waals surface area contributed by atoms with E-state index in [1.54, 1.807) is 0 Å². The number of ether oxygens (including phenoxy) is 4. The molecule has 0 aromatic heterocycles. The molecule has 0 bridgehead atoms. The third-order valence-corrected chi connectivity index (χ3v) is 3.94. The van der Waals surface area contributed by atoms with Crippen molar-refractivity contribution in [2.45, 2.75) is 56.9 Å². The van der Waals surface area contributed by atoms with E-state index < -0.39 is 24.2 Å². The number of nitrogens with two attached hydrogens (primary N) is 1. The van der Waals surface area contributed by atoms with Crippen LogP contribution in [0.3, 0.4) is 0 Å². The van der Waals surface area contributed by atoms with E-state index in [0.29, 0.717) is 6.61 Å². The normalized spacial score (nSPS) is 34.5. The van der Waals surface area contributed by atoms with E-state index in [1.165, 1.54) is 0 Å². The molecule has 0 radical (unpaired) electrons. The zero-order valence-corrected chi connectivity index (χ0v) is 12.8. The molecule has 0 aliphatic carbocycles. The number of benzene rings is 1. The standard InChI is InChI=1S/C16H23NO5/c1-16(2)21-13-12(11(17)8-18)20-15(14(13)22-16)19-9-10-6-4-3-5-7-10/h3-7,11-15,18H,8-9,17H2,1-2H3/t11-,12+,13-,14-,15-/m0/s1. The lowest BCUT2D eigenvalue weighted by molar-refractivity contribution is -0.239. The SMILES string of the molecule is CC1(C)O[C@@H]2[C@H](O1)[C@@H](OCc1ccccc1)O[C@@H]2[C@@H](N)CO. The number of aliphatic hydroxyl groups is 1. The lowest BCUT2D eigenvalue weighted by Crippen LogP contribution is -2.45. The van der Waals surface area contributed by atoms with Crippen molar-refractivity contribution in [2.75, 3.05) is 6.61 Å². The fourth-order valence-corrected chi connectivity index (χ4v) is 2.93. The minimum atomic E-state index is -0.707. The fraction of sp³-hybridized carbons (Fsp3) is 0.625. The largest absolute Gasteiger partial charge is 0.395 e. The summed E-state index contributed by atoms with van der Waals surface area (Å²) in [6, 6.07) is 9.31. The molecule has 2 fully saturated rings. The second-order valence-electron chi connectivity index (χ2n) is 6.18. The maximum absolute atomic E-state index is 9.30. The van der Waals surface area contributed by atoms with E-state index in [1.807, 2.05) is 44.2 Å². The van der Waals surface area contributed by atoms with E-state index in [2.05, 4.69) is 0 Å². The Kier molecular flexibility index (Phi) is 4.49. The van der Waals surface area contributed by atoms with Gasteiger partial charge in [-0.1, -0.05) is 30.3 Å².